The second-order valence-corrected chi connectivity index (χ2v) is 7.44. The first kappa shape index (κ1) is 19.8. The van der Waals surface area contributed by atoms with Crippen molar-refractivity contribution in [2.75, 3.05) is 45.9 Å². The highest BCUT2D eigenvalue weighted by atomic mass is 16.6. The first-order valence-electron chi connectivity index (χ1n) is 9.63. The molecule has 0 bridgehead atoms. The van der Waals surface area contributed by atoms with E-state index in [0.717, 1.165) is 26.1 Å². The van der Waals surface area contributed by atoms with E-state index < -0.39 is 0 Å². The standard InChI is InChI=1S/C19H33N3O3/c1-16(2)15-25-19(24)22-12-10-21(11-13-22)14-18(23)20-9-8-17-6-4-3-5-7-17/h6,16H,3-5,7-15H2,1-2H3,(H,20,23). The van der Waals surface area contributed by atoms with Crippen LogP contribution in [0, 0.1) is 5.92 Å². The Kier molecular flexibility index (Phi) is 8.25. The van der Waals surface area contributed by atoms with Gasteiger partial charge in [-0.3, -0.25) is 9.69 Å². The maximum Gasteiger partial charge on any atom is 0.409 e. The number of allylic oxidation sites excluding steroid dienone is 1. The van der Waals surface area contributed by atoms with E-state index in [1.165, 1.54) is 31.3 Å². The van der Waals surface area contributed by atoms with Gasteiger partial charge < -0.3 is 15.0 Å². The predicted octanol–water partition coefficient (Wildman–Crippen LogP) is 2.40. The zero-order valence-corrected chi connectivity index (χ0v) is 15.8. The van der Waals surface area contributed by atoms with E-state index in [2.05, 4.69) is 16.3 Å². The van der Waals surface area contributed by atoms with Gasteiger partial charge in [-0.05, 0) is 38.0 Å². The molecule has 0 aromatic carbocycles. The largest absolute Gasteiger partial charge is 0.449 e. The number of hydrogen-bond donors (Lipinski definition) is 1. The number of nitrogens with zero attached hydrogens (tertiary/aromatic N) is 2. The monoisotopic (exact) mass is 351 g/mol. The third-order valence-corrected chi connectivity index (χ3v) is 4.69. The van der Waals surface area contributed by atoms with Crippen molar-refractivity contribution >= 4 is 12.0 Å². The lowest BCUT2D eigenvalue weighted by Gasteiger charge is -2.33. The summed E-state index contributed by atoms with van der Waals surface area (Å²) in [5.41, 5.74) is 1.49. The molecule has 2 aliphatic rings. The average molecular weight is 351 g/mol. The van der Waals surface area contributed by atoms with Gasteiger partial charge in [0.2, 0.25) is 5.91 Å². The zero-order valence-electron chi connectivity index (χ0n) is 15.8. The van der Waals surface area contributed by atoms with Crippen LogP contribution in [0.3, 0.4) is 0 Å². The molecular weight excluding hydrogens is 318 g/mol. The molecule has 0 aromatic rings. The normalized spacial score (nSPS) is 18.8. The Morgan fingerprint density at radius 2 is 1.96 bits per heavy atom. The number of piperazine rings is 1. The summed E-state index contributed by atoms with van der Waals surface area (Å²) in [5, 5.41) is 3.02. The van der Waals surface area contributed by atoms with E-state index in [-0.39, 0.29) is 12.0 Å². The number of rotatable bonds is 7. The van der Waals surface area contributed by atoms with Gasteiger partial charge in [-0.15, -0.1) is 0 Å². The molecule has 1 N–H and O–H groups in total. The van der Waals surface area contributed by atoms with E-state index >= 15 is 0 Å². The molecule has 0 unspecified atom stereocenters. The summed E-state index contributed by atoms with van der Waals surface area (Å²) in [6.45, 7) is 8.32. The van der Waals surface area contributed by atoms with Crippen LogP contribution in [0.1, 0.15) is 46.0 Å². The topological polar surface area (TPSA) is 61.9 Å². The van der Waals surface area contributed by atoms with Gasteiger partial charge in [-0.2, -0.15) is 0 Å². The maximum absolute atomic E-state index is 12.1. The lowest BCUT2D eigenvalue weighted by Crippen LogP contribution is -2.51. The Balaban J connectivity index is 1.58. The summed E-state index contributed by atoms with van der Waals surface area (Å²) in [5.74, 6) is 0.422. The van der Waals surface area contributed by atoms with Gasteiger partial charge in [0.15, 0.2) is 0 Å². The van der Waals surface area contributed by atoms with E-state index in [1.54, 1.807) is 4.90 Å². The number of carbonyl (C=O) groups excluding carboxylic acids is 2. The Morgan fingerprint density at radius 3 is 2.60 bits per heavy atom. The van der Waals surface area contributed by atoms with Gasteiger partial charge in [-0.25, -0.2) is 4.79 Å². The summed E-state index contributed by atoms with van der Waals surface area (Å²) in [4.78, 5) is 27.8. The highest BCUT2D eigenvalue weighted by molar-refractivity contribution is 5.78. The Morgan fingerprint density at radius 1 is 1.20 bits per heavy atom. The van der Waals surface area contributed by atoms with Gasteiger partial charge in [0.05, 0.1) is 13.2 Å². The molecule has 1 fully saturated rings. The smallest absolute Gasteiger partial charge is 0.409 e. The van der Waals surface area contributed by atoms with Crippen LogP contribution in [0.25, 0.3) is 0 Å². The van der Waals surface area contributed by atoms with Gasteiger partial charge in [0, 0.05) is 32.7 Å². The van der Waals surface area contributed by atoms with E-state index in [0.29, 0.717) is 32.2 Å². The fourth-order valence-electron chi connectivity index (χ4n) is 3.17. The molecule has 1 saturated heterocycles. The van der Waals surface area contributed by atoms with Gasteiger partial charge >= 0.3 is 6.09 Å². The van der Waals surface area contributed by atoms with Crippen molar-refractivity contribution in [3.63, 3.8) is 0 Å². The van der Waals surface area contributed by atoms with Crippen molar-refractivity contribution in [2.24, 2.45) is 5.92 Å². The van der Waals surface area contributed by atoms with E-state index in [4.69, 9.17) is 4.74 Å². The molecule has 0 radical (unpaired) electrons. The lowest BCUT2D eigenvalue weighted by molar-refractivity contribution is -0.122. The van der Waals surface area contributed by atoms with Crippen molar-refractivity contribution in [2.45, 2.75) is 46.0 Å². The van der Waals surface area contributed by atoms with Crippen molar-refractivity contribution < 1.29 is 14.3 Å². The summed E-state index contributed by atoms with van der Waals surface area (Å²) in [6.07, 6.45) is 8.02. The quantitative estimate of drug-likeness (QED) is 0.716. The number of carbonyl (C=O) groups is 2. The van der Waals surface area contributed by atoms with Crippen LogP contribution in [0.15, 0.2) is 11.6 Å². The second-order valence-electron chi connectivity index (χ2n) is 7.44. The number of hydrogen-bond acceptors (Lipinski definition) is 4. The number of nitrogens with one attached hydrogen (secondary N) is 1. The minimum Gasteiger partial charge on any atom is -0.449 e. The van der Waals surface area contributed by atoms with E-state index in [9.17, 15) is 9.59 Å². The summed E-state index contributed by atoms with van der Waals surface area (Å²) < 4.78 is 5.25. The van der Waals surface area contributed by atoms with Crippen LogP contribution in [0.4, 0.5) is 4.79 Å². The van der Waals surface area contributed by atoms with Crippen molar-refractivity contribution in [1.29, 1.82) is 0 Å². The third kappa shape index (κ3) is 7.46. The van der Waals surface area contributed by atoms with E-state index in [1.807, 2.05) is 13.8 Å². The minimum atomic E-state index is -0.237. The second kappa shape index (κ2) is 10.4. The first-order valence-corrected chi connectivity index (χ1v) is 9.63. The van der Waals surface area contributed by atoms with Crippen molar-refractivity contribution in [1.82, 2.24) is 15.1 Å². The summed E-state index contributed by atoms with van der Waals surface area (Å²) >= 11 is 0. The average Bonchev–Trinajstić information content (AvgIpc) is 2.61. The Labute approximate surface area is 151 Å². The van der Waals surface area contributed by atoms with Crippen LogP contribution in [-0.4, -0.2) is 67.7 Å². The molecule has 0 saturated carbocycles. The number of ether oxygens (including phenoxy) is 1. The minimum absolute atomic E-state index is 0.0762. The molecule has 2 amide bonds. The van der Waals surface area contributed by atoms with Crippen molar-refractivity contribution in [3.05, 3.63) is 11.6 Å². The Bertz CT molecular complexity index is 469. The molecule has 142 valence electrons. The molecule has 6 heteroatoms. The van der Waals surface area contributed by atoms with Crippen LogP contribution in [0.2, 0.25) is 0 Å². The summed E-state index contributed by atoms with van der Waals surface area (Å²) in [6, 6.07) is 0. The molecular formula is C19H33N3O3. The molecule has 25 heavy (non-hydrogen) atoms. The molecule has 0 atom stereocenters. The highest BCUT2D eigenvalue weighted by Gasteiger charge is 2.23. The van der Waals surface area contributed by atoms with Gasteiger partial charge in [0.25, 0.3) is 0 Å². The van der Waals surface area contributed by atoms with Crippen LogP contribution in [0.5, 0.6) is 0 Å². The molecule has 1 aliphatic carbocycles. The zero-order chi connectivity index (χ0) is 18.1. The number of amides is 2. The lowest BCUT2D eigenvalue weighted by atomic mass is 9.97. The maximum atomic E-state index is 12.1. The molecule has 2 rings (SSSR count). The predicted molar refractivity (Wildman–Crippen MR) is 98.4 cm³/mol. The Hall–Kier alpha value is -1.56. The van der Waals surface area contributed by atoms with Crippen LogP contribution >= 0.6 is 0 Å². The van der Waals surface area contributed by atoms with Crippen molar-refractivity contribution in [3.8, 4) is 0 Å². The summed E-state index contributed by atoms with van der Waals surface area (Å²) in [7, 11) is 0. The fourth-order valence-corrected chi connectivity index (χ4v) is 3.17. The molecule has 0 spiro atoms. The fraction of sp³-hybridized carbons (Fsp3) is 0.789. The first-order chi connectivity index (χ1) is 12.0. The van der Waals surface area contributed by atoms with Gasteiger partial charge in [-0.1, -0.05) is 25.5 Å². The SMILES string of the molecule is CC(C)COC(=O)N1CCN(CC(=O)NCCC2=CCCCC2)CC1. The molecule has 0 aromatic heterocycles. The van der Waals surface area contributed by atoms with Gasteiger partial charge in [0.1, 0.15) is 0 Å². The highest BCUT2D eigenvalue weighted by Crippen LogP contribution is 2.19. The molecule has 1 aliphatic heterocycles. The van der Waals surface area contributed by atoms with Crippen LogP contribution in [-0.2, 0) is 9.53 Å². The third-order valence-electron chi connectivity index (χ3n) is 4.69. The molecule has 6 nitrogen and oxygen atoms in total. The molecule has 1 heterocycles. The van der Waals surface area contributed by atoms with Crippen LogP contribution < -0.4 is 5.32 Å².